The van der Waals surface area contributed by atoms with Crippen LogP contribution in [0.4, 0.5) is 0 Å². The molecule has 0 radical (unpaired) electrons. The third-order valence-electron chi connectivity index (χ3n) is 18.4. The number of nitrogens with one attached hydrogen (secondary N) is 1. The molecule has 0 spiro atoms. The summed E-state index contributed by atoms with van der Waals surface area (Å²) in [4.78, 5) is 13.4. The Morgan fingerprint density at radius 3 is 1.15 bits per heavy atom. The van der Waals surface area contributed by atoms with Crippen LogP contribution in [0.15, 0.2) is 109 Å². The molecule has 1 amide bonds. The van der Waals surface area contributed by atoms with Crippen molar-refractivity contribution >= 4 is 5.91 Å². The van der Waals surface area contributed by atoms with Gasteiger partial charge in [0.1, 0.15) is 48.8 Å². The summed E-state index contributed by atoms with van der Waals surface area (Å²) in [6, 6.07) is -0.941. The predicted octanol–water partition coefficient (Wildman–Crippen LogP) is 17.5. The van der Waals surface area contributed by atoms with Gasteiger partial charge in [-0.05, 0) is 89.9 Å². The first-order valence-electron chi connectivity index (χ1n) is 39.1. The van der Waals surface area contributed by atoms with Crippen LogP contribution in [0.2, 0.25) is 0 Å². The molecular weight excluding hydrogens is 1210 g/mol. The highest BCUT2D eigenvalue weighted by atomic mass is 16.7. The quantitative estimate of drug-likeness (QED) is 0.0204. The number of carbonyl (C=O) groups is 1. The number of hydrogen-bond donors (Lipinski definition) is 9. The van der Waals surface area contributed by atoms with E-state index in [-0.39, 0.29) is 18.9 Å². The van der Waals surface area contributed by atoms with Crippen molar-refractivity contribution in [3.8, 4) is 0 Å². The molecule has 2 heterocycles. The van der Waals surface area contributed by atoms with Crippen molar-refractivity contribution in [2.24, 2.45) is 0 Å². The van der Waals surface area contributed by atoms with Gasteiger partial charge in [-0.15, -0.1) is 0 Å². The van der Waals surface area contributed by atoms with Gasteiger partial charge >= 0.3 is 0 Å². The minimum atomic E-state index is -1.80. The maximum atomic E-state index is 13.4. The molecule has 0 aromatic carbocycles. The molecule has 0 bridgehead atoms. The van der Waals surface area contributed by atoms with Gasteiger partial charge in [0, 0.05) is 6.42 Å². The predicted molar refractivity (Wildman–Crippen MR) is 396 cm³/mol. The lowest BCUT2D eigenvalue weighted by atomic mass is 9.97. The minimum absolute atomic E-state index is 0.251. The van der Waals surface area contributed by atoms with E-state index in [2.05, 4.69) is 116 Å². The van der Waals surface area contributed by atoms with E-state index in [1.165, 1.54) is 193 Å². The first kappa shape index (κ1) is 88.7. The molecule has 554 valence electrons. The zero-order valence-electron chi connectivity index (χ0n) is 60.6. The van der Waals surface area contributed by atoms with Gasteiger partial charge in [0.05, 0.1) is 32.0 Å². The molecule has 12 atom stereocenters. The second-order valence-corrected chi connectivity index (χ2v) is 27.1. The number of allylic oxidation sites excluding steroid dienone is 17. The maximum Gasteiger partial charge on any atom is 0.220 e. The molecule has 0 aliphatic carbocycles. The summed E-state index contributed by atoms with van der Waals surface area (Å²) < 4.78 is 22.9. The normalized spacial score (nSPS) is 22.9. The van der Waals surface area contributed by atoms with E-state index >= 15 is 0 Å². The van der Waals surface area contributed by atoms with Crippen LogP contribution >= 0.6 is 0 Å². The molecule has 2 aliphatic heterocycles. The summed E-state index contributed by atoms with van der Waals surface area (Å²) in [6.45, 7) is 2.70. The summed E-state index contributed by atoms with van der Waals surface area (Å²) in [7, 11) is 0. The van der Waals surface area contributed by atoms with E-state index in [1.54, 1.807) is 6.08 Å². The van der Waals surface area contributed by atoms with Crippen molar-refractivity contribution in [3.05, 3.63) is 109 Å². The van der Waals surface area contributed by atoms with Gasteiger partial charge in [0.15, 0.2) is 12.6 Å². The summed E-state index contributed by atoms with van der Waals surface area (Å²) in [5.41, 5.74) is 0. The van der Waals surface area contributed by atoms with Gasteiger partial charge in [-0.3, -0.25) is 4.79 Å². The highest BCUT2D eigenvalue weighted by molar-refractivity contribution is 5.76. The van der Waals surface area contributed by atoms with Gasteiger partial charge in [0.25, 0.3) is 0 Å². The van der Waals surface area contributed by atoms with E-state index in [1.807, 2.05) is 6.08 Å². The lowest BCUT2D eigenvalue weighted by Gasteiger charge is -2.46. The molecule has 2 saturated heterocycles. The van der Waals surface area contributed by atoms with Crippen LogP contribution < -0.4 is 5.32 Å². The Hall–Kier alpha value is -3.35. The average molecular weight is 1350 g/mol. The summed E-state index contributed by atoms with van der Waals surface area (Å²) in [5, 5.41) is 87.6. The van der Waals surface area contributed by atoms with Crippen LogP contribution in [0.3, 0.4) is 0 Å². The molecule has 14 heteroatoms. The monoisotopic (exact) mass is 1350 g/mol. The van der Waals surface area contributed by atoms with E-state index < -0.39 is 86.8 Å². The average Bonchev–Trinajstić information content (AvgIpc) is 0.797. The van der Waals surface area contributed by atoms with E-state index in [9.17, 15) is 45.6 Å². The Bertz CT molecular complexity index is 2030. The van der Waals surface area contributed by atoms with Gasteiger partial charge in [-0.2, -0.15) is 0 Å². The summed E-state index contributed by atoms with van der Waals surface area (Å²) in [6.07, 6.45) is 77.3. The van der Waals surface area contributed by atoms with Crippen LogP contribution in [0.1, 0.15) is 309 Å². The Morgan fingerprint density at radius 1 is 0.385 bits per heavy atom. The lowest BCUT2D eigenvalue weighted by Crippen LogP contribution is -2.65. The molecule has 96 heavy (non-hydrogen) atoms. The number of carbonyl (C=O) groups excluding carboxylic acids is 1. The topological polar surface area (TPSA) is 228 Å². The highest BCUT2D eigenvalue weighted by Gasteiger charge is 2.51. The Kier molecular flexibility index (Phi) is 60.1. The third-order valence-corrected chi connectivity index (χ3v) is 18.4. The van der Waals surface area contributed by atoms with Crippen LogP contribution in [-0.4, -0.2) is 140 Å². The van der Waals surface area contributed by atoms with E-state index in [0.717, 1.165) is 83.5 Å². The molecule has 2 rings (SSSR count). The smallest absolute Gasteiger partial charge is 0.220 e. The molecule has 0 aromatic rings. The number of unbranched alkanes of at least 4 members (excludes halogenated alkanes) is 35. The second-order valence-electron chi connectivity index (χ2n) is 27.1. The van der Waals surface area contributed by atoms with Crippen LogP contribution in [0.5, 0.6) is 0 Å². The standard InChI is InChI=1S/C82H143NO13/c1-3-5-7-9-11-13-15-17-19-21-23-25-27-29-31-32-33-34-35-36-37-38-40-42-44-46-48-50-52-54-56-58-60-62-64-66-74(87)83-70(69-93-81-79(92)77(90)80(73(68-85)95-81)96-82-78(91)76(89)75(88)72(67-84)94-82)71(86)65-63-61-59-57-55-53-51-49-47-45-43-41-39-30-28-26-24-22-20-18-16-14-12-10-8-6-4-2/h5,7,11,13,17,19,23,25,29,31,33-34,36-37,55,57,63,65,70-73,75-82,84-86,88-92H,3-4,6,8-10,12,14-16,18,20-22,24,26-28,30,32,35,38-54,56,58-62,64,66-69H2,1-2H3,(H,83,87)/b7-5-,13-11-,19-17-,25-23-,31-29-,34-33-,37-36-,57-55+,65-63+. The van der Waals surface area contributed by atoms with Gasteiger partial charge in [-0.25, -0.2) is 0 Å². The fraction of sp³-hybridized carbons (Fsp3) is 0.768. The first-order chi connectivity index (χ1) is 47.1. The largest absolute Gasteiger partial charge is 0.394 e. The molecule has 14 nitrogen and oxygen atoms in total. The number of aliphatic hydroxyl groups is 8. The number of rotatable bonds is 64. The maximum absolute atomic E-state index is 13.4. The Balaban J connectivity index is 1.65. The van der Waals surface area contributed by atoms with Crippen LogP contribution in [-0.2, 0) is 23.7 Å². The Labute approximate surface area is 585 Å². The molecule has 0 aromatic heterocycles. The summed E-state index contributed by atoms with van der Waals surface area (Å²) in [5.74, 6) is -0.251. The number of hydrogen-bond acceptors (Lipinski definition) is 13. The molecular formula is C82H143NO13. The van der Waals surface area contributed by atoms with Crippen molar-refractivity contribution in [2.75, 3.05) is 19.8 Å². The van der Waals surface area contributed by atoms with Crippen molar-refractivity contribution in [3.63, 3.8) is 0 Å². The zero-order chi connectivity index (χ0) is 69.4. The first-order valence-corrected chi connectivity index (χ1v) is 39.1. The Morgan fingerprint density at radius 2 is 0.729 bits per heavy atom. The molecule has 2 aliphatic rings. The number of amides is 1. The molecule has 2 fully saturated rings. The summed E-state index contributed by atoms with van der Waals surface area (Å²) >= 11 is 0. The molecule has 12 unspecified atom stereocenters. The van der Waals surface area contributed by atoms with Crippen molar-refractivity contribution in [1.29, 1.82) is 0 Å². The zero-order valence-corrected chi connectivity index (χ0v) is 60.6. The molecule has 9 N–H and O–H groups in total. The molecule has 0 saturated carbocycles. The van der Waals surface area contributed by atoms with Gasteiger partial charge in [-0.1, -0.05) is 322 Å². The fourth-order valence-electron chi connectivity index (χ4n) is 12.3. The highest BCUT2D eigenvalue weighted by Crippen LogP contribution is 2.30. The lowest BCUT2D eigenvalue weighted by molar-refractivity contribution is -0.359. The second kappa shape index (κ2) is 65.0. The number of ether oxygens (including phenoxy) is 4. The third kappa shape index (κ3) is 47.7. The minimum Gasteiger partial charge on any atom is -0.394 e. The van der Waals surface area contributed by atoms with Gasteiger partial charge < -0.3 is 65.1 Å². The van der Waals surface area contributed by atoms with Crippen LogP contribution in [0, 0.1) is 0 Å². The van der Waals surface area contributed by atoms with Crippen molar-refractivity contribution in [1.82, 2.24) is 5.32 Å². The van der Waals surface area contributed by atoms with E-state index in [4.69, 9.17) is 18.9 Å². The SMILES string of the molecule is CC/C=C\C/C=C\C/C=C\C/C=C\C/C=C\C/C=C\C/C=C\CCCCCCCCCCCCCCCC(=O)NC(COC1OC(CO)C(OC2OC(CO)C(O)C(O)C2O)C(O)C1O)C(O)/C=C/CC/C=C/CCCCCCCCCCCCCCCCCCCCCCC. The van der Waals surface area contributed by atoms with Crippen molar-refractivity contribution < 1.29 is 64.6 Å². The van der Waals surface area contributed by atoms with Gasteiger partial charge in [0.2, 0.25) is 5.91 Å². The fourth-order valence-corrected chi connectivity index (χ4v) is 12.3. The number of aliphatic hydroxyl groups excluding tert-OH is 8. The van der Waals surface area contributed by atoms with Crippen molar-refractivity contribution in [2.45, 2.75) is 383 Å². The van der Waals surface area contributed by atoms with Crippen LogP contribution in [0.25, 0.3) is 0 Å². The van der Waals surface area contributed by atoms with E-state index in [0.29, 0.717) is 12.8 Å².